The van der Waals surface area contributed by atoms with Crippen molar-refractivity contribution in [1.82, 2.24) is 15.5 Å². The molecule has 1 amide bonds. The van der Waals surface area contributed by atoms with Gasteiger partial charge in [-0.3, -0.25) is 4.79 Å². The average molecular weight is 323 g/mol. The summed E-state index contributed by atoms with van der Waals surface area (Å²) in [6, 6.07) is 7.00. The second-order valence-corrected chi connectivity index (χ2v) is 5.64. The minimum absolute atomic E-state index is 0.0764. The predicted molar refractivity (Wildman–Crippen MR) is 84.3 cm³/mol. The highest BCUT2D eigenvalue weighted by atomic mass is 35.5. The number of hydrogen-bond acceptors (Lipinski definition) is 5. The van der Waals surface area contributed by atoms with Crippen LogP contribution < -0.4 is 11.1 Å². The molecule has 3 N–H and O–H groups in total. The predicted octanol–water partition coefficient (Wildman–Crippen LogP) is 2.03. The lowest BCUT2D eigenvalue weighted by atomic mass is 10.0. The van der Waals surface area contributed by atoms with Gasteiger partial charge in [0.25, 0.3) is 0 Å². The van der Waals surface area contributed by atoms with Crippen molar-refractivity contribution in [1.29, 1.82) is 0 Å². The molecule has 0 saturated heterocycles. The highest BCUT2D eigenvalue weighted by Crippen LogP contribution is 2.18. The number of carbonyl (C=O) groups is 1. The summed E-state index contributed by atoms with van der Waals surface area (Å²) in [4.78, 5) is 16.1. The first-order valence-electron chi connectivity index (χ1n) is 7.09. The lowest BCUT2D eigenvalue weighted by molar-refractivity contribution is -0.124. The Morgan fingerprint density at radius 3 is 2.68 bits per heavy atom. The summed E-state index contributed by atoms with van der Waals surface area (Å²) in [5.74, 6) is 0.667. The molecular weight excluding hydrogens is 304 g/mol. The third kappa shape index (κ3) is 4.29. The largest absolute Gasteiger partial charge is 0.355 e. The Labute approximate surface area is 134 Å². The molecule has 0 bridgehead atoms. The summed E-state index contributed by atoms with van der Waals surface area (Å²) in [6.07, 6.45) is 0.470. The Bertz CT molecular complexity index is 625. The van der Waals surface area contributed by atoms with E-state index in [-0.39, 0.29) is 17.9 Å². The van der Waals surface area contributed by atoms with Crippen LogP contribution in [0.3, 0.4) is 0 Å². The van der Waals surface area contributed by atoms with Gasteiger partial charge in [0.15, 0.2) is 0 Å². The first-order chi connectivity index (χ1) is 10.5. The number of amides is 1. The van der Waals surface area contributed by atoms with Crippen LogP contribution in [-0.2, 0) is 11.2 Å². The third-order valence-corrected chi connectivity index (χ3v) is 3.66. The van der Waals surface area contributed by atoms with E-state index in [9.17, 15) is 4.79 Å². The zero-order chi connectivity index (χ0) is 16.1. The summed E-state index contributed by atoms with van der Waals surface area (Å²) in [5.41, 5.74) is 6.51. The second-order valence-electron chi connectivity index (χ2n) is 5.21. The van der Waals surface area contributed by atoms with Crippen molar-refractivity contribution < 1.29 is 9.32 Å². The molecule has 1 heterocycles. The van der Waals surface area contributed by atoms with Crippen LogP contribution in [0.1, 0.15) is 19.7 Å². The molecule has 0 aliphatic rings. The molecular formula is C15H19ClN4O2. The molecule has 1 aromatic carbocycles. The van der Waals surface area contributed by atoms with E-state index < -0.39 is 0 Å². The minimum Gasteiger partial charge on any atom is -0.355 e. The fourth-order valence-corrected chi connectivity index (χ4v) is 1.89. The fourth-order valence-electron chi connectivity index (χ4n) is 1.77. The molecule has 0 fully saturated rings. The smallest absolute Gasteiger partial charge is 0.228 e. The number of nitrogens with zero attached hydrogens (tertiary/aromatic N) is 2. The molecule has 7 heteroatoms. The van der Waals surface area contributed by atoms with Crippen molar-refractivity contribution in [3.05, 3.63) is 35.2 Å². The summed E-state index contributed by atoms with van der Waals surface area (Å²) in [6.45, 7) is 4.03. The van der Waals surface area contributed by atoms with Gasteiger partial charge in [0, 0.05) is 35.5 Å². The maximum atomic E-state index is 11.8. The third-order valence-electron chi connectivity index (χ3n) is 3.41. The number of nitrogens with two attached hydrogens (primary N) is 1. The van der Waals surface area contributed by atoms with Crippen LogP contribution >= 0.6 is 11.6 Å². The molecule has 0 saturated carbocycles. The van der Waals surface area contributed by atoms with E-state index >= 15 is 0 Å². The van der Waals surface area contributed by atoms with Crippen molar-refractivity contribution in [2.45, 2.75) is 26.3 Å². The maximum Gasteiger partial charge on any atom is 0.228 e. The standard InChI is InChI=1S/C15H19ClN4O2/c1-9(10(2)17)15(21)18-8-7-13-19-14(20-22-13)11-3-5-12(16)6-4-11/h3-6,9-10H,7-8,17H2,1-2H3,(H,18,21). The number of nitrogens with one attached hydrogen (secondary N) is 1. The Morgan fingerprint density at radius 2 is 2.05 bits per heavy atom. The summed E-state index contributed by atoms with van der Waals surface area (Å²) >= 11 is 5.84. The van der Waals surface area contributed by atoms with Crippen molar-refractivity contribution in [3.8, 4) is 11.4 Å². The summed E-state index contributed by atoms with van der Waals surface area (Å²) in [7, 11) is 0. The maximum absolute atomic E-state index is 11.8. The molecule has 0 radical (unpaired) electrons. The number of carbonyl (C=O) groups excluding carboxylic acids is 1. The lowest BCUT2D eigenvalue weighted by Gasteiger charge is -2.14. The Balaban J connectivity index is 1.87. The van der Waals surface area contributed by atoms with Gasteiger partial charge >= 0.3 is 0 Å². The van der Waals surface area contributed by atoms with Gasteiger partial charge in [0.2, 0.25) is 17.6 Å². The van der Waals surface area contributed by atoms with Crippen LogP contribution in [0.5, 0.6) is 0 Å². The van der Waals surface area contributed by atoms with Gasteiger partial charge in [-0.05, 0) is 31.2 Å². The normalized spacial score (nSPS) is 13.6. The van der Waals surface area contributed by atoms with Crippen molar-refractivity contribution >= 4 is 17.5 Å². The first kappa shape index (κ1) is 16.5. The first-order valence-corrected chi connectivity index (χ1v) is 7.47. The molecule has 118 valence electrons. The van der Waals surface area contributed by atoms with Crippen molar-refractivity contribution in [2.75, 3.05) is 6.54 Å². The lowest BCUT2D eigenvalue weighted by Crippen LogP contribution is -2.39. The number of benzene rings is 1. The van der Waals surface area contributed by atoms with E-state index in [0.717, 1.165) is 5.56 Å². The molecule has 2 unspecified atom stereocenters. The fraction of sp³-hybridized carbons (Fsp3) is 0.400. The van der Waals surface area contributed by atoms with E-state index in [4.69, 9.17) is 21.9 Å². The van der Waals surface area contributed by atoms with Gasteiger partial charge in [-0.15, -0.1) is 0 Å². The zero-order valence-corrected chi connectivity index (χ0v) is 13.3. The Hall–Kier alpha value is -1.92. The van der Waals surface area contributed by atoms with E-state index in [1.54, 1.807) is 26.0 Å². The highest BCUT2D eigenvalue weighted by Gasteiger charge is 2.16. The highest BCUT2D eigenvalue weighted by molar-refractivity contribution is 6.30. The molecule has 1 aromatic heterocycles. The Morgan fingerprint density at radius 1 is 1.36 bits per heavy atom. The topological polar surface area (TPSA) is 94.0 Å². The van der Waals surface area contributed by atoms with E-state index in [0.29, 0.717) is 29.7 Å². The van der Waals surface area contributed by atoms with Crippen LogP contribution in [0.2, 0.25) is 5.02 Å². The number of halogens is 1. The van der Waals surface area contributed by atoms with Gasteiger partial charge in [0.05, 0.1) is 0 Å². The number of hydrogen-bond donors (Lipinski definition) is 2. The van der Waals surface area contributed by atoms with Gasteiger partial charge in [-0.2, -0.15) is 4.98 Å². The summed E-state index contributed by atoms with van der Waals surface area (Å²) in [5, 5.41) is 7.37. The molecule has 6 nitrogen and oxygen atoms in total. The monoisotopic (exact) mass is 322 g/mol. The molecule has 0 aliphatic carbocycles. The molecule has 22 heavy (non-hydrogen) atoms. The average Bonchev–Trinajstić information content (AvgIpc) is 2.95. The van der Waals surface area contributed by atoms with Crippen molar-refractivity contribution in [2.24, 2.45) is 11.7 Å². The molecule has 2 aromatic rings. The molecule has 2 atom stereocenters. The van der Waals surface area contributed by atoms with Crippen LogP contribution in [0.25, 0.3) is 11.4 Å². The quantitative estimate of drug-likeness (QED) is 0.848. The number of rotatable bonds is 6. The Kier molecular flexibility index (Phi) is 5.51. The van der Waals surface area contributed by atoms with E-state index in [2.05, 4.69) is 15.5 Å². The molecule has 0 aliphatic heterocycles. The van der Waals surface area contributed by atoms with Gasteiger partial charge < -0.3 is 15.6 Å². The summed E-state index contributed by atoms with van der Waals surface area (Å²) < 4.78 is 5.17. The number of aromatic nitrogens is 2. The van der Waals surface area contributed by atoms with Crippen LogP contribution in [0.4, 0.5) is 0 Å². The SMILES string of the molecule is CC(N)C(C)C(=O)NCCc1nc(-c2ccc(Cl)cc2)no1. The zero-order valence-electron chi connectivity index (χ0n) is 12.5. The molecule has 0 spiro atoms. The molecule has 2 rings (SSSR count). The van der Waals surface area contributed by atoms with Gasteiger partial charge in [-0.25, -0.2) is 0 Å². The van der Waals surface area contributed by atoms with Gasteiger partial charge in [0.1, 0.15) is 0 Å². The second kappa shape index (κ2) is 7.38. The van der Waals surface area contributed by atoms with E-state index in [1.807, 2.05) is 12.1 Å². The van der Waals surface area contributed by atoms with Crippen LogP contribution in [0.15, 0.2) is 28.8 Å². The van der Waals surface area contributed by atoms with Crippen LogP contribution in [-0.4, -0.2) is 28.6 Å². The van der Waals surface area contributed by atoms with E-state index in [1.165, 1.54) is 0 Å². The van der Waals surface area contributed by atoms with Crippen molar-refractivity contribution in [3.63, 3.8) is 0 Å². The minimum atomic E-state index is -0.229. The van der Waals surface area contributed by atoms with Crippen LogP contribution in [0, 0.1) is 5.92 Å². The van der Waals surface area contributed by atoms with Gasteiger partial charge in [-0.1, -0.05) is 23.7 Å².